The molecule has 0 N–H and O–H groups in total. The number of carbonyl (C=O) groups is 1. The molecule has 2 heterocycles. The van der Waals surface area contributed by atoms with Gasteiger partial charge >= 0.3 is 5.82 Å². The van der Waals surface area contributed by atoms with Crippen LogP contribution in [0.1, 0.15) is 6.92 Å². The number of rotatable bonds is 4. The fourth-order valence-corrected chi connectivity index (χ4v) is 2.22. The molecule has 114 valence electrons. The van der Waals surface area contributed by atoms with Crippen LogP contribution < -0.4 is 4.90 Å². The molecule has 0 saturated carbocycles. The molecule has 1 unspecified atom stereocenters. The first-order chi connectivity index (χ1) is 10.0. The molecule has 1 aromatic rings. The molecule has 1 saturated heterocycles. The van der Waals surface area contributed by atoms with Gasteiger partial charge in [0.1, 0.15) is 6.10 Å². The van der Waals surface area contributed by atoms with Crippen molar-refractivity contribution in [3.05, 3.63) is 28.4 Å². The minimum absolute atomic E-state index is 0.0148. The fraction of sp³-hybridized carbons (Fsp3) is 0.538. The SMILES string of the molecule is COC(C)C(=O)N1CCN(c2ccc([N+](=O)[O-])nc2)CC1. The Kier molecular flexibility index (Phi) is 4.69. The highest BCUT2D eigenvalue weighted by Gasteiger charge is 2.25. The van der Waals surface area contributed by atoms with Crippen LogP contribution in [0.4, 0.5) is 11.5 Å². The third kappa shape index (κ3) is 3.46. The van der Waals surface area contributed by atoms with Gasteiger partial charge in [0, 0.05) is 39.4 Å². The van der Waals surface area contributed by atoms with Gasteiger partial charge in [-0.15, -0.1) is 0 Å². The van der Waals surface area contributed by atoms with Crippen LogP contribution >= 0.6 is 0 Å². The van der Waals surface area contributed by atoms with E-state index in [9.17, 15) is 14.9 Å². The average molecular weight is 294 g/mol. The van der Waals surface area contributed by atoms with Gasteiger partial charge in [-0.05, 0) is 22.9 Å². The van der Waals surface area contributed by atoms with Crippen molar-refractivity contribution in [2.24, 2.45) is 0 Å². The van der Waals surface area contributed by atoms with E-state index in [-0.39, 0.29) is 11.7 Å². The average Bonchev–Trinajstić information content (AvgIpc) is 2.53. The summed E-state index contributed by atoms with van der Waals surface area (Å²) < 4.78 is 5.03. The number of nitrogens with zero attached hydrogens (tertiary/aromatic N) is 4. The van der Waals surface area contributed by atoms with E-state index in [1.807, 2.05) is 0 Å². The van der Waals surface area contributed by atoms with Crippen molar-refractivity contribution in [3.8, 4) is 0 Å². The van der Waals surface area contributed by atoms with Crippen LogP contribution in [0.3, 0.4) is 0 Å². The molecule has 0 bridgehead atoms. The highest BCUT2D eigenvalue weighted by atomic mass is 16.6. The van der Waals surface area contributed by atoms with Gasteiger partial charge in [-0.3, -0.25) is 4.79 Å². The first-order valence-corrected chi connectivity index (χ1v) is 6.70. The third-order valence-electron chi connectivity index (χ3n) is 3.58. The monoisotopic (exact) mass is 294 g/mol. The smallest absolute Gasteiger partial charge is 0.363 e. The molecule has 0 spiro atoms. The summed E-state index contributed by atoms with van der Waals surface area (Å²) in [5.74, 6) is -0.180. The summed E-state index contributed by atoms with van der Waals surface area (Å²) in [6.07, 6.45) is 1.06. The maximum Gasteiger partial charge on any atom is 0.363 e. The predicted octanol–water partition coefficient (Wildman–Crippen LogP) is 0.673. The number of amides is 1. The van der Waals surface area contributed by atoms with Crippen molar-refractivity contribution in [3.63, 3.8) is 0 Å². The number of nitro groups is 1. The Bertz CT molecular complexity index is 511. The second kappa shape index (κ2) is 6.49. The summed E-state index contributed by atoms with van der Waals surface area (Å²) in [5, 5.41) is 10.6. The van der Waals surface area contributed by atoms with Gasteiger partial charge in [0.2, 0.25) is 0 Å². The molecular weight excluding hydrogens is 276 g/mol. The molecule has 2 rings (SSSR count). The number of pyridine rings is 1. The highest BCUT2D eigenvalue weighted by molar-refractivity contribution is 5.80. The van der Waals surface area contributed by atoms with Crippen molar-refractivity contribution in [1.29, 1.82) is 0 Å². The molecule has 1 atom stereocenters. The molecule has 1 aliphatic heterocycles. The molecule has 1 aromatic heterocycles. The molecule has 1 amide bonds. The van der Waals surface area contributed by atoms with Crippen LogP contribution in [0.25, 0.3) is 0 Å². The van der Waals surface area contributed by atoms with Gasteiger partial charge in [-0.1, -0.05) is 0 Å². The Morgan fingerprint density at radius 3 is 2.52 bits per heavy atom. The van der Waals surface area contributed by atoms with Gasteiger partial charge in [0.15, 0.2) is 6.20 Å². The summed E-state index contributed by atoms with van der Waals surface area (Å²) in [6, 6.07) is 3.07. The normalized spacial score (nSPS) is 16.7. The number of anilines is 1. The van der Waals surface area contributed by atoms with Crippen molar-refractivity contribution in [2.75, 3.05) is 38.2 Å². The maximum absolute atomic E-state index is 12.0. The number of piperazine rings is 1. The Morgan fingerprint density at radius 2 is 2.05 bits per heavy atom. The quantitative estimate of drug-likeness (QED) is 0.599. The van der Waals surface area contributed by atoms with Crippen LogP contribution in [0.15, 0.2) is 18.3 Å². The lowest BCUT2D eigenvalue weighted by atomic mass is 10.2. The van der Waals surface area contributed by atoms with E-state index in [0.717, 1.165) is 5.69 Å². The molecule has 0 aromatic carbocycles. The van der Waals surface area contributed by atoms with Crippen LogP contribution in [0, 0.1) is 10.1 Å². The van der Waals surface area contributed by atoms with Gasteiger partial charge < -0.3 is 24.7 Å². The molecular formula is C13H18N4O4. The predicted molar refractivity (Wildman–Crippen MR) is 76.2 cm³/mol. The minimum Gasteiger partial charge on any atom is -0.372 e. The lowest BCUT2D eigenvalue weighted by Crippen LogP contribution is -2.51. The Hall–Kier alpha value is -2.22. The Balaban J connectivity index is 1.94. The lowest BCUT2D eigenvalue weighted by molar-refractivity contribution is -0.389. The standard InChI is InChI=1S/C13H18N4O4/c1-10(21-2)13(18)16-7-5-15(6-8-16)11-3-4-12(14-9-11)17(19)20/h3-4,9-10H,5-8H2,1-2H3. The zero-order valence-corrected chi connectivity index (χ0v) is 12.1. The zero-order chi connectivity index (χ0) is 15.4. The second-order valence-electron chi connectivity index (χ2n) is 4.82. The molecule has 8 heteroatoms. The summed E-state index contributed by atoms with van der Waals surface area (Å²) in [6.45, 7) is 4.27. The van der Waals surface area contributed by atoms with Crippen LogP contribution in [-0.2, 0) is 9.53 Å². The number of ether oxygens (including phenoxy) is 1. The summed E-state index contributed by atoms with van der Waals surface area (Å²) in [7, 11) is 1.52. The van der Waals surface area contributed by atoms with Crippen molar-refractivity contribution in [1.82, 2.24) is 9.88 Å². The van der Waals surface area contributed by atoms with E-state index in [1.165, 1.54) is 19.4 Å². The molecule has 8 nitrogen and oxygen atoms in total. The van der Waals surface area contributed by atoms with Gasteiger partial charge in [-0.2, -0.15) is 0 Å². The van der Waals surface area contributed by atoms with Crippen LogP contribution in [0.5, 0.6) is 0 Å². The van der Waals surface area contributed by atoms with E-state index >= 15 is 0 Å². The van der Waals surface area contributed by atoms with Crippen molar-refractivity contribution < 1.29 is 14.5 Å². The summed E-state index contributed by atoms with van der Waals surface area (Å²) in [4.78, 5) is 29.7. The summed E-state index contributed by atoms with van der Waals surface area (Å²) >= 11 is 0. The number of aromatic nitrogens is 1. The molecule has 0 aliphatic carbocycles. The number of methoxy groups -OCH3 is 1. The number of hydrogen-bond acceptors (Lipinski definition) is 6. The highest BCUT2D eigenvalue weighted by Crippen LogP contribution is 2.18. The third-order valence-corrected chi connectivity index (χ3v) is 3.58. The zero-order valence-electron chi connectivity index (χ0n) is 12.1. The minimum atomic E-state index is -0.521. The van der Waals surface area contributed by atoms with Gasteiger partial charge in [0.25, 0.3) is 5.91 Å². The van der Waals surface area contributed by atoms with Crippen LogP contribution in [0.2, 0.25) is 0 Å². The number of hydrogen-bond donors (Lipinski definition) is 0. The summed E-state index contributed by atoms with van der Waals surface area (Å²) in [5.41, 5.74) is 0.826. The molecule has 1 aliphatic rings. The first kappa shape index (κ1) is 15.2. The molecule has 21 heavy (non-hydrogen) atoms. The largest absolute Gasteiger partial charge is 0.372 e. The van der Waals surface area contributed by atoms with Gasteiger partial charge in [0.05, 0.1) is 5.69 Å². The van der Waals surface area contributed by atoms with Crippen molar-refractivity contribution >= 4 is 17.4 Å². The van der Waals surface area contributed by atoms with E-state index < -0.39 is 11.0 Å². The molecule has 0 radical (unpaired) electrons. The number of carbonyl (C=O) groups excluding carboxylic acids is 1. The van der Waals surface area contributed by atoms with E-state index in [4.69, 9.17) is 4.74 Å². The fourth-order valence-electron chi connectivity index (χ4n) is 2.22. The first-order valence-electron chi connectivity index (χ1n) is 6.70. The van der Waals surface area contributed by atoms with E-state index in [1.54, 1.807) is 17.9 Å². The Labute approximate surface area is 122 Å². The topological polar surface area (TPSA) is 88.8 Å². The lowest BCUT2D eigenvalue weighted by Gasteiger charge is -2.36. The van der Waals surface area contributed by atoms with Crippen molar-refractivity contribution in [2.45, 2.75) is 13.0 Å². The van der Waals surface area contributed by atoms with Gasteiger partial charge in [-0.25, -0.2) is 0 Å². The Morgan fingerprint density at radius 1 is 1.38 bits per heavy atom. The maximum atomic E-state index is 12.0. The van der Waals surface area contributed by atoms with E-state index in [2.05, 4.69) is 9.88 Å². The van der Waals surface area contributed by atoms with Crippen LogP contribution in [-0.4, -0.2) is 60.1 Å². The second-order valence-corrected chi connectivity index (χ2v) is 4.82. The molecule has 1 fully saturated rings. The van der Waals surface area contributed by atoms with E-state index in [0.29, 0.717) is 26.2 Å².